The maximum absolute atomic E-state index is 12.9. The lowest BCUT2D eigenvalue weighted by Crippen LogP contribution is -2.53. The Morgan fingerprint density at radius 3 is 2.24 bits per heavy atom. The summed E-state index contributed by atoms with van der Waals surface area (Å²) in [6, 6.07) is 17.4. The van der Waals surface area contributed by atoms with Gasteiger partial charge in [0.15, 0.2) is 0 Å². The fraction of sp³-hybridized carbons (Fsp3) is 0.417. The van der Waals surface area contributed by atoms with Crippen LogP contribution in [0.25, 0.3) is 0 Å². The minimum atomic E-state index is -0.962. The van der Waals surface area contributed by atoms with Crippen molar-refractivity contribution in [2.24, 2.45) is 0 Å². The molecule has 5 nitrogen and oxygen atoms in total. The molecule has 2 aliphatic rings. The van der Waals surface area contributed by atoms with Gasteiger partial charge < -0.3 is 10.0 Å². The molecule has 152 valence electrons. The summed E-state index contributed by atoms with van der Waals surface area (Å²) in [5.41, 5.74) is 2.38. The quantitative estimate of drug-likeness (QED) is 0.846. The largest absolute Gasteiger partial charge is 0.478 e. The Labute approximate surface area is 171 Å². The standard InChI is InChI=1S/C24H28N2O3/c27-22(18-19-7-6-8-20(17-19)23(28)29)25-15-11-24(12-16-25,26-13-4-5-14-26)21-9-2-1-3-10-21/h1-3,6-10,17H,4-5,11-16,18H2,(H,28,29). The third-order valence-corrected chi connectivity index (χ3v) is 6.50. The van der Waals surface area contributed by atoms with Crippen LogP contribution in [0.5, 0.6) is 0 Å². The second-order valence-corrected chi connectivity index (χ2v) is 8.15. The van der Waals surface area contributed by atoms with Crippen molar-refractivity contribution in [2.75, 3.05) is 26.2 Å². The van der Waals surface area contributed by atoms with Crippen LogP contribution in [-0.2, 0) is 16.8 Å². The fourth-order valence-corrected chi connectivity index (χ4v) is 4.91. The van der Waals surface area contributed by atoms with Crippen molar-refractivity contribution in [1.82, 2.24) is 9.80 Å². The van der Waals surface area contributed by atoms with Gasteiger partial charge in [-0.3, -0.25) is 9.69 Å². The molecule has 0 unspecified atom stereocenters. The minimum Gasteiger partial charge on any atom is -0.478 e. The molecule has 2 aliphatic heterocycles. The third kappa shape index (κ3) is 4.06. The third-order valence-electron chi connectivity index (χ3n) is 6.50. The second-order valence-electron chi connectivity index (χ2n) is 8.15. The van der Waals surface area contributed by atoms with Gasteiger partial charge in [0.2, 0.25) is 5.91 Å². The molecule has 0 atom stereocenters. The molecule has 0 radical (unpaired) electrons. The summed E-state index contributed by atoms with van der Waals surface area (Å²) in [5.74, 6) is -0.883. The van der Waals surface area contributed by atoms with Gasteiger partial charge >= 0.3 is 5.97 Å². The summed E-state index contributed by atoms with van der Waals surface area (Å²) in [4.78, 5) is 28.6. The lowest BCUT2D eigenvalue weighted by atomic mass is 9.79. The van der Waals surface area contributed by atoms with Crippen molar-refractivity contribution < 1.29 is 14.7 Å². The highest BCUT2D eigenvalue weighted by Crippen LogP contribution is 2.40. The van der Waals surface area contributed by atoms with Crippen LogP contribution in [0.1, 0.15) is 47.2 Å². The average Bonchev–Trinajstić information content (AvgIpc) is 3.30. The van der Waals surface area contributed by atoms with Gasteiger partial charge in [0.1, 0.15) is 0 Å². The van der Waals surface area contributed by atoms with E-state index in [0.29, 0.717) is 0 Å². The number of carboxylic acid groups (broad SMARTS) is 1. The van der Waals surface area contributed by atoms with Crippen molar-refractivity contribution in [3.05, 3.63) is 71.3 Å². The van der Waals surface area contributed by atoms with Crippen molar-refractivity contribution in [3.63, 3.8) is 0 Å². The number of benzene rings is 2. The number of piperidine rings is 1. The van der Waals surface area contributed by atoms with E-state index < -0.39 is 5.97 Å². The van der Waals surface area contributed by atoms with Crippen LogP contribution in [0.3, 0.4) is 0 Å². The van der Waals surface area contributed by atoms with Crippen molar-refractivity contribution >= 4 is 11.9 Å². The normalized spacial score (nSPS) is 19.2. The number of hydrogen-bond acceptors (Lipinski definition) is 3. The molecule has 2 saturated heterocycles. The molecule has 2 aromatic carbocycles. The number of likely N-dealkylation sites (tertiary alicyclic amines) is 2. The van der Waals surface area contributed by atoms with Crippen LogP contribution in [0, 0.1) is 0 Å². The molecule has 5 heteroatoms. The number of aromatic carboxylic acids is 1. The van der Waals surface area contributed by atoms with Crippen LogP contribution in [0.4, 0.5) is 0 Å². The first-order valence-electron chi connectivity index (χ1n) is 10.5. The minimum absolute atomic E-state index is 0.0256. The second kappa shape index (κ2) is 8.37. The van der Waals surface area contributed by atoms with E-state index in [9.17, 15) is 9.59 Å². The van der Waals surface area contributed by atoms with Gasteiger partial charge in [0.25, 0.3) is 0 Å². The van der Waals surface area contributed by atoms with E-state index in [0.717, 1.165) is 44.6 Å². The Bertz CT molecular complexity index is 867. The van der Waals surface area contributed by atoms with Crippen LogP contribution in [0.15, 0.2) is 54.6 Å². The van der Waals surface area contributed by atoms with Gasteiger partial charge in [0, 0.05) is 18.6 Å². The molecule has 0 bridgehead atoms. The average molecular weight is 392 g/mol. The first kappa shape index (κ1) is 19.6. The van der Waals surface area contributed by atoms with Gasteiger partial charge in [-0.2, -0.15) is 0 Å². The van der Waals surface area contributed by atoms with Crippen LogP contribution in [0.2, 0.25) is 0 Å². The summed E-state index contributed by atoms with van der Waals surface area (Å²) in [6.45, 7) is 3.74. The number of hydrogen-bond donors (Lipinski definition) is 1. The SMILES string of the molecule is O=C(O)c1cccc(CC(=O)N2CCC(c3ccccc3)(N3CCCC3)CC2)c1. The van der Waals surface area contributed by atoms with Crippen molar-refractivity contribution in [3.8, 4) is 0 Å². The topological polar surface area (TPSA) is 60.9 Å². The lowest BCUT2D eigenvalue weighted by Gasteiger charge is -2.48. The Balaban J connectivity index is 1.46. The Morgan fingerprint density at radius 2 is 1.59 bits per heavy atom. The summed E-state index contributed by atoms with van der Waals surface area (Å²) < 4.78 is 0. The fourth-order valence-electron chi connectivity index (χ4n) is 4.91. The van der Waals surface area contributed by atoms with E-state index in [1.165, 1.54) is 18.4 Å². The first-order chi connectivity index (χ1) is 14.1. The van der Waals surface area contributed by atoms with Gasteiger partial charge in [-0.15, -0.1) is 0 Å². The van der Waals surface area contributed by atoms with E-state index in [2.05, 4.69) is 35.2 Å². The zero-order valence-corrected chi connectivity index (χ0v) is 16.7. The number of carboxylic acids is 1. The maximum atomic E-state index is 12.9. The lowest BCUT2D eigenvalue weighted by molar-refractivity contribution is -0.133. The monoisotopic (exact) mass is 392 g/mol. The molecule has 1 N–H and O–H groups in total. The molecule has 4 rings (SSSR count). The summed E-state index contributed by atoms with van der Waals surface area (Å²) in [5, 5.41) is 9.16. The Kier molecular flexibility index (Phi) is 5.67. The van der Waals surface area contributed by atoms with Gasteiger partial charge in [-0.25, -0.2) is 4.79 Å². The zero-order chi connectivity index (χ0) is 20.3. The molecule has 0 spiro atoms. The van der Waals surface area contributed by atoms with Gasteiger partial charge in [-0.05, 0) is 62.0 Å². The molecule has 2 fully saturated rings. The maximum Gasteiger partial charge on any atom is 0.335 e. The number of carbonyl (C=O) groups is 2. The molecule has 0 aliphatic carbocycles. The van der Waals surface area contributed by atoms with E-state index in [1.54, 1.807) is 18.2 Å². The molecule has 1 amide bonds. The molecular weight excluding hydrogens is 364 g/mol. The van der Waals surface area contributed by atoms with Crippen LogP contribution < -0.4 is 0 Å². The number of carbonyl (C=O) groups excluding carboxylic acids is 1. The van der Waals surface area contributed by atoms with Crippen LogP contribution in [-0.4, -0.2) is 53.0 Å². The zero-order valence-electron chi connectivity index (χ0n) is 16.7. The van der Waals surface area contributed by atoms with E-state index in [1.807, 2.05) is 11.0 Å². The smallest absolute Gasteiger partial charge is 0.335 e. The number of amides is 1. The van der Waals surface area contributed by atoms with Crippen LogP contribution >= 0.6 is 0 Å². The molecule has 0 aromatic heterocycles. The molecular formula is C24H28N2O3. The van der Waals surface area contributed by atoms with Crippen molar-refractivity contribution in [2.45, 2.75) is 37.6 Å². The molecule has 0 saturated carbocycles. The predicted octanol–water partition coefficient (Wildman–Crippen LogP) is 3.54. The molecule has 2 heterocycles. The van der Waals surface area contributed by atoms with E-state index in [-0.39, 0.29) is 23.4 Å². The highest BCUT2D eigenvalue weighted by atomic mass is 16.4. The molecule has 29 heavy (non-hydrogen) atoms. The summed E-state index contributed by atoms with van der Waals surface area (Å²) >= 11 is 0. The highest BCUT2D eigenvalue weighted by molar-refractivity contribution is 5.88. The number of rotatable bonds is 5. The molecule has 2 aromatic rings. The van der Waals surface area contributed by atoms with Crippen molar-refractivity contribution in [1.29, 1.82) is 0 Å². The van der Waals surface area contributed by atoms with Gasteiger partial charge in [-0.1, -0.05) is 42.5 Å². The van der Waals surface area contributed by atoms with E-state index >= 15 is 0 Å². The Hall–Kier alpha value is -2.66. The van der Waals surface area contributed by atoms with E-state index in [4.69, 9.17) is 5.11 Å². The van der Waals surface area contributed by atoms with Gasteiger partial charge in [0.05, 0.1) is 12.0 Å². The summed E-state index contributed by atoms with van der Waals surface area (Å²) in [7, 11) is 0. The Morgan fingerprint density at radius 1 is 0.897 bits per heavy atom. The highest BCUT2D eigenvalue weighted by Gasteiger charge is 2.42. The summed E-state index contributed by atoms with van der Waals surface area (Å²) in [6.07, 6.45) is 4.63. The predicted molar refractivity (Wildman–Crippen MR) is 112 cm³/mol. The number of nitrogens with zero attached hydrogens (tertiary/aromatic N) is 2. The first-order valence-corrected chi connectivity index (χ1v) is 10.5.